The number of carbonyl (C=O) groups is 1. The van der Waals surface area contributed by atoms with Crippen LogP contribution >= 0.6 is 7.82 Å². The van der Waals surface area contributed by atoms with Gasteiger partial charge in [-0.1, -0.05) is 187 Å². The second-order valence-corrected chi connectivity index (χ2v) is 18.5. The first-order valence-electron chi connectivity index (χ1n) is 23.4. The highest BCUT2D eigenvalue weighted by atomic mass is 31.2. The van der Waals surface area contributed by atoms with E-state index in [1.807, 2.05) is 21.1 Å². The molecule has 0 fully saturated rings. The number of quaternary nitrogens is 1. The average molecular weight is 802 g/mol. The molecule has 0 aromatic carbocycles. The fourth-order valence-corrected chi connectivity index (χ4v) is 7.39. The van der Waals surface area contributed by atoms with Crippen LogP contribution in [0, 0.1) is 0 Å². The lowest BCUT2D eigenvalue weighted by molar-refractivity contribution is -0.870. The molecular weight excluding hydrogens is 709 g/mol. The smallest absolute Gasteiger partial charge is 0.306 e. The zero-order chi connectivity index (χ0) is 40.6. The van der Waals surface area contributed by atoms with Gasteiger partial charge in [-0.25, -0.2) is 0 Å². The van der Waals surface area contributed by atoms with Crippen LogP contribution in [0.1, 0.15) is 219 Å². The fraction of sp³-hybridized carbons (Fsp3) is 0.935. The van der Waals surface area contributed by atoms with E-state index in [9.17, 15) is 14.3 Å². The van der Waals surface area contributed by atoms with E-state index in [-0.39, 0.29) is 25.8 Å². The van der Waals surface area contributed by atoms with E-state index in [4.69, 9.17) is 18.5 Å². The van der Waals surface area contributed by atoms with Crippen LogP contribution in [0.4, 0.5) is 0 Å². The molecule has 0 bridgehead atoms. The summed E-state index contributed by atoms with van der Waals surface area (Å²) in [4.78, 5) is 25.1. The van der Waals surface area contributed by atoms with Gasteiger partial charge in [-0.2, -0.15) is 0 Å². The normalized spacial score (nSPS) is 13.8. The zero-order valence-corrected chi connectivity index (χ0v) is 38.0. The number of phosphoric ester groups is 1. The van der Waals surface area contributed by atoms with Crippen molar-refractivity contribution < 1.29 is 37.3 Å². The van der Waals surface area contributed by atoms with Crippen LogP contribution in [0.15, 0.2) is 12.2 Å². The number of unbranched alkanes of at least 4 members (excludes halogenated alkanes) is 28. The number of esters is 1. The van der Waals surface area contributed by atoms with E-state index in [1.165, 1.54) is 167 Å². The molecule has 0 N–H and O–H groups in total. The van der Waals surface area contributed by atoms with Gasteiger partial charge in [0, 0.05) is 13.0 Å². The number of nitrogens with zero attached hydrogens (tertiary/aromatic N) is 1. The van der Waals surface area contributed by atoms with Crippen molar-refractivity contribution in [3.8, 4) is 0 Å². The first kappa shape index (κ1) is 54.2. The summed E-state index contributed by atoms with van der Waals surface area (Å²) in [7, 11) is 1.37. The highest BCUT2D eigenvalue weighted by Crippen LogP contribution is 2.38. The molecule has 0 saturated heterocycles. The van der Waals surface area contributed by atoms with Gasteiger partial charge in [-0.3, -0.25) is 9.36 Å². The standard InChI is InChI=1S/C46H92NO7P/c1-6-8-10-12-14-16-18-20-21-22-23-24-25-26-27-28-29-31-33-35-37-39-46(48)54-45(44-53-55(49,50)52-42-40-47(3,4)5)43-51-41-38-36-34-32-30-19-17-15-13-11-9-7-2/h22-23,45H,6-21,24-44H2,1-5H3/b23-22-. The Labute approximate surface area is 341 Å². The number of carbonyl (C=O) groups excluding carboxylic acids is 1. The molecule has 0 aliphatic rings. The van der Waals surface area contributed by atoms with Gasteiger partial charge in [-0.15, -0.1) is 0 Å². The minimum absolute atomic E-state index is 0.0290. The Morgan fingerprint density at radius 1 is 0.545 bits per heavy atom. The van der Waals surface area contributed by atoms with E-state index in [2.05, 4.69) is 26.0 Å². The minimum Gasteiger partial charge on any atom is -0.756 e. The van der Waals surface area contributed by atoms with Gasteiger partial charge in [0.25, 0.3) is 7.82 Å². The number of ether oxygens (including phenoxy) is 2. The number of likely N-dealkylation sites (N-methyl/N-ethyl adjacent to an activating group) is 1. The minimum atomic E-state index is -4.52. The van der Waals surface area contributed by atoms with E-state index < -0.39 is 13.9 Å². The van der Waals surface area contributed by atoms with E-state index in [0.29, 0.717) is 24.1 Å². The van der Waals surface area contributed by atoms with Gasteiger partial charge in [0.1, 0.15) is 19.3 Å². The average Bonchev–Trinajstić information content (AvgIpc) is 3.13. The molecule has 55 heavy (non-hydrogen) atoms. The maximum atomic E-state index is 12.7. The molecule has 0 heterocycles. The van der Waals surface area contributed by atoms with Gasteiger partial charge >= 0.3 is 5.97 Å². The molecule has 0 spiro atoms. The molecule has 328 valence electrons. The van der Waals surface area contributed by atoms with Gasteiger partial charge in [-0.05, 0) is 38.5 Å². The van der Waals surface area contributed by atoms with Crippen molar-refractivity contribution in [2.24, 2.45) is 0 Å². The van der Waals surface area contributed by atoms with E-state index in [1.54, 1.807) is 0 Å². The quantitative estimate of drug-likeness (QED) is 0.0199. The van der Waals surface area contributed by atoms with Crippen LogP contribution in [-0.2, 0) is 27.9 Å². The fourth-order valence-electron chi connectivity index (χ4n) is 6.66. The van der Waals surface area contributed by atoms with Crippen molar-refractivity contribution in [1.29, 1.82) is 0 Å². The Morgan fingerprint density at radius 3 is 1.38 bits per heavy atom. The molecule has 8 nitrogen and oxygen atoms in total. The number of phosphoric acid groups is 1. The summed E-state index contributed by atoms with van der Waals surface area (Å²) in [6, 6.07) is 0. The van der Waals surface area contributed by atoms with Gasteiger partial charge in [0.2, 0.25) is 0 Å². The lowest BCUT2D eigenvalue weighted by Gasteiger charge is -2.28. The van der Waals surface area contributed by atoms with Gasteiger partial charge in [0.15, 0.2) is 0 Å². The molecule has 0 radical (unpaired) electrons. The Hall–Kier alpha value is -0.760. The summed E-state index contributed by atoms with van der Waals surface area (Å²) >= 11 is 0. The van der Waals surface area contributed by atoms with Crippen LogP contribution in [0.5, 0.6) is 0 Å². The molecule has 0 aliphatic heterocycles. The number of allylic oxidation sites excluding steroid dienone is 2. The van der Waals surface area contributed by atoms with Gasteiger partial charge < -0.3 is 27.9 Å². The van der Waals surface area contributed by atoms with Crippen molar-refractivity contribution in [3.63, 3.8) is 0 Å². The molecular formula is C46H92NO7P. The Morgan fingerprint density at radius 2 is 0.945 bits per heavy atom. The van der Waals surface area contributed by atoms with Crippen molar-refractivity contribution in [2.75, 3.05) is 54.1 Å². The summed E-state index contributed by atoms with van der Waals surface area (Å²) in [5.41, 5.74) is 0. The first-order chi connectivity index (χ1) is 26.6. The van der Waals surface area contributed by atoms with Crippen molar-refractivity contribution in [3.05, 3.63) is 12.2 Å². The first-order valence-corrected chi connectivity index (χ1v) is 24.9. The number of rotatable bonds is 44. The van der Waals surface area contributed by atoms with Crippen molar-refractivity contribution in [1.82, 2.24) is 0 Å². The lowest BCUT2D eigenvalue weighted by Crippen LogP contribution is -2.37. The van der Waals surface area contributed by atoms with Crippen LogP contribution in [0.3, 0.4) is 0 Å². The largest absolute Gasteiger partial charge is 0.756 e. The third-order valence-electron chi connectivity index (χ3n) is 10.3. The molecule has 0 aromatic rings. The van der Waals surface area contributed by atoms with Crippen LogP contribution < -0.4 is 4.89 Å². The lowest BCUT2D eigenvalue weighted by atomic mass is 10.1. The molecule has 0 aliphatic carbocycles. The Balaban J connectivity index is 4.12. The second-order valence-electron chi connectivity index (χ2n) is 17.1. The van der Waals surface area contributed by atoms with Crippen LogP contribution in [0.2, 0.25) is 0 Å². The van der Waals surface area contributed by atoms with Crippen LogP contribution in [0.25, 0.3) is 0 Å². The maximum absolute atomic E-state index is 12.7. The molecule has 2 unspecified atom stereocenters. The Bertz CT molecular complexity index is 894. The summed E-state index contributed by atoms with van der Waals surface area (Å²) in [6.45, 7) is 5.45. The zero-order valence-electron chi connectivity index (χ0n) is 37.1. The summed E-state index contributed by atoms with van der Waals surface area (Å²) in [5.74, 6) is -0.332. The third-order valence-corrected chi connectivity index (χ3v) is 11.3. The molecule has 0 rings (SSSR count). The maximum Gasteiger partial charge on any atom is 0.306 e. The summed E-state index contributed by atoms with van der Waals surface area (Å²) < 4.78 is 34.6. The Kier molecular flexibility index (Phi) is 39.5. The summed E-state index contributed by atoms with van der Waals surface area (Å²) in [5, 5.41) is 0. The molecule has 9 heteroatoms. The summed E-state index contributed by atoms with van der Waals surface area (Å²) in [6.07, 6.45) is 43.6. The molecule has 0 amide bonds. The predicted molar refractivity (Wildman–Crippen MR) is 231 cm³/mol. The van der Waals surface area contributed by atoms with Crippen molar-refractivity contribution in [2.45, 2.75) is 225 Å². The van der Waals surface area contributed by atoms with E-state index in [0.717, 1.165) is 32.1 Å². The number of hydrogen-bond donors (Lipinski definition) is 0. The molecule has 0 aromatic heterocycles. The highest BCUT2D eigenvalue weighted by Gasteiger charge is 2.20. The SMILES string of the molecule is CCCCCCCCCC/C=C\CCCCCCCCCCCC(=O)OC(COCCCCCCCCCCCCCC)COP(=O)([O-])OCC[N+](C)(C)C. The van der Waals surface area contributed by atoms with E-state index >= 15 is 0 Å². The van der Waals surface area contributed by atoms with Crippen LogP contribution in [-0.4, -0.2) is 70.7 Å². The molecule has 0 saturated carbocycles. The topological polar surface area (TPSA) is 94.1 Å². The predicted octanol–water partition coefficient (Wildman–Crippen LogP) is 13.2. The third kappa shape index (κ3) is 44.2. The monoisotopic (exact) mass is 802 g/mol. The highest BCUT2D eigenvalue weighted by molar-refractivity contribution is 7.45. The molecule has 2 atom stereocenters. The van der Waals surface area contributed by atoms with Crippen molar-refractivity contribution >= 4 is 13.8 Å². The van der Waals surface area contributed by atoms with Gasteiger partial charge in [0.05, 0.1) is 34.4 Å². The number of hydrogen-bond acceptors (Lipinski definition) is 7. The second kappa shape index (κ2) is 40.0.